The van der Waals surface area contributed by atoms with Gasteiger partial charge in [0.05, 0.1) is 6.33 Å². The van der Waals surface area contributed by atoms with Crippen LogP contribution < -0.4 is 0 Å². The fourth-order valence-corrected chi connectivity index (χ4v) is 1.15. The van der Waals surface area contributed by atoms with Gasteiger partial charge in [0, 0.05) is 18.3 Å². The SMILES string of the molecule is O=P(O)(O)C(O)Cc1cnc[nH]1. The van der Waals surface area contributed by atoms with Crippen LogP contribution in [0.3, 0.4) is 0 Å². The van der Waals surface area contributed by atoms with Crippen LogP contribution in [0.25, 0.3) is 0 Å². The fraction of sp³-hybridized carbons (Fsp3) is 0.400. The number of hydrogen-bond donors (Lipinski definition) is 4. The zero-order valence-corrected chi connectivity index (χ0v) is 6.98. The highest BCUT2D eigenvalue weighted by molar-refractivity contribution is 7.52. The molecule has 0 spiro atoms. The smallest absolute Gasteiger partial charge is 0.354 e. The van der Waals surface area contributed by atoms with Crippen molar-refractivity contribution in [3.8, 4) is 0 Å². The molecule has 7 heteroatoms. The lowest BCUT2D eigenvalue weighted by atomic mass is 10.3. The van der Waals surface area contributed by atoms with Crippen LogP contribution in [-0.2, 0) is 11.0 Å². The summed E-state index contributed by atoms with van der Waals surface area (Å²) in [6.07, 6.45) is 2.66. The summed E-state index contributed by atoms with van der Waals surface area (Å²) in [6, 6.07) is 0. The Labute approximate surface area is 68.4 Å². The third-order valence-corrected chi connectivity index (χ3v) is 2.30. The highest BCUT2D eigenvalue weighted by Gasteiger charge is 2.26. The van der Waals surface area contributed by atoms with Crippen LogP contribution in [0.2, 0.25) is 0 Å². The first-order valence-electron chi connectivity index (χ1n) is 3.20. The summed E-state index contributed by atoms with van der Waals surface area (Å²) >= 11 is 0. The number of hydrogen-bond acceptors (Lipinski definition) is 3. The van der Waals surface area contributed by atoms with Gasteiger partial charge in [-0.05, 0) is 0 Å². The molecule has 0 aliphatic rings. The van der Waals surface area contributed by atoms with Crippen LogP contribution in [0.4, 0.5) is 0 Å². The number of aliphatic hydroxyl groups excluding tert-OH is 1. The summed E-state index contributed by atoms with van der Waals surface area (Å²) < 4.78 is 10.5. The number of rotatable bonds is 3. The number of aromatic nitrogens is 2. The molecule has 1 aromatic heterocycles. The normalized spacial score (nSPS) is 14.6. The van der Waals surface area contributed by atoms with E-state index < -0.39 is 13.4 Å². The summed E-state index contributed by atoms with van der Waals surface area (Å²) in [4.78, 5) is 23.3. The van der Waals surface area contributed by atoms with E-state index in [9.17, 15) is 4.57 Å². The third kappa shape index (κ3) is 2.42. The molecule has 0 aliphatic heterocycles. The van der Waals surface area contributed by atoms with Crippen molar-refractivity contribution in [1.29, 1.82) is 0 Å². The molecule has 0 aliphatic carbocycles. The average Bonchev–Trinajstić information content (AvgIpc) is 2.37. The molecule has 0 fully saturated rings. The topological polar surface area (TPSA) is 106 Å². The van der Waals surface area contributed by atoms with E-state index in [0.717, 1.165) is 0 Å². The molecule has 1 unspecified atom stereocenters. The van der Waals surface area contributed by atoms with Crippen LogP contribution >= 0.6 is 7.60 Å². The van der Waals surface area contributed by atoms with E-state index in [1.165, 1.54) is 12.5 Å². The van der Waals surface area contributed by atoms with Gasteiger partial charge in [0.15, 0.2) is 5.85 Å². The third-order valence-electron chi connectivity index (χ3n) is 1.35. The standard InChI is InChI=1S/C5H9N2O4P/c8-5(12(9,10)11)1-4-2-6-3-7-4/h2-3,5,8H,1H2,(H,6,7)(H2,9,10,11). The second-order valence-corrected chi connectivity index (χ2v) is 4.12. The minimum absolute atomic E-state index is 0.121. The Balaban J connectivity index is 2.59. The van der Waals surface area contributed by atoms with Crippen LogP contribution in [0.15, 0.2) is 12.5 Å². The van der Waals surface area contributed by atoms with Crippen molar-refractivity contribution in [2.24, 2.45) is 0 Å². The van der Waals surface area contributed by atoms with Gasteiger partial charge in [-0.1, -0.05) is 0 Å². The highest BCUT2D eigenvalue weighted by atomic mass is 31.2. The first kappa shape index (κ1) is 9.41. The largest absolute Gasteiger partial charge is 0.380 e. The predicted molar refractivity (Wildman–Crippen MR) is 40.3 cm³/mol. The summed E-state index contributed by atoms with van der Waals surface area (Å²) in [6.45, 7) is 0. The second-order valence-electron chi connectivity index (χ2n) is 2.35. The van der Waals surface area contributed by atoms with E-state index in [-0.39, 0.29) is 6.42 Å². The quantitative estimate of drug-likeness (QED) is 0.480. The summed E-state index contributed by atoms with van der Waals surface area (Å²) in [5.74, 6) is -1.65. The molecule has 0 radical (unpaired) electrons. The van der Waals surface area contributed by atoms with Crippen molar-refractivity contribution in [2.75, 3.05) is 0 Å². The van der Waals surface area contributed by atoms with Crippen LogP contribution in [0.5, 0.6) is 0 Å². The van der Waals surface area contributed by atoms with E-state index in [2.05, 4.69) is 9.97 Å². The van der Waals surface area contributed by atoms with Crippen molar-refractivity contribution in [3.05, 3.63) is 18.2 Å². The minimum atomic E-state index is -4.39. The first-order chi connectivity index (χ1) is 5.50. The maximum Gasteiger partial charge on any atom is 0.354 e. The molecule has 0 aromatic carbocycles. The van der Waals surface area contributed by atoms with Crippen molar-refractivity contribution in [3.63, 3.8) is 0 Å². The molecule has 1 atom stereocenters. The zero-order valence-electron chi connectivity index (χ0n) is 6.08. The van der Waals surface area contributed by atoms with Gasteiger partial charge in [-0.3, -0.25) is 4.57 Å². The lowest BCUT2D eigenvalue weighted by Crippen LogP contribution is -2.10. The molecule has 1 rings (SSSR count). The maximum absolute atomic E-state index is 10.5. The van der Waals surface area contributed by atoms with E-state index in [1.54, 1.807) is 0 Å². The molecule has 0 amide bonds. The van der Waals surface area contributed by atoms with Gasteiger partial charge >= 0.3 is 7.60 Å². The van der Waals surface area contributed by atoms with Crippen molar-refractivity contribution >= 4 is 7.60 Å². The van der Waals surface area contributed by atoms with Crippen molar-refractivity contribution < 1.29 is 19.5 Å². The number of aliphatic hydroxyl groups is 1. The molecule has 68 valence electrons. The van der Waals surface area contributed by atoms with Gasteiger partial charge in [0.1, 0.15) is 0 Å². The fourth-order valence-electron chi connectivity index (χ4n) is 0.712. The van der Waals surface area contributed by atoms with Crippen molar-refractivity contribution in [2.45, 2.75) is 12.3 Å². The molecule has 0 bridgehead atoms. The molecule has 1 aromatic rings. The number of nitrogens with one attached hydrogen (secondary N) is 1. The van der Waals surface area contributed by atoms with Crippen LogP contribution in [0.1, 0.15) is 5.69 Å². The number of H-pyrrole nitrogens is 1. The van der Waals surface area contributed by atoms with Gasteiger partial charge in [-0.15, -0.1) is 0 Å². The van der Waals surface area contributed by atoms with E-state index in [0.29, 0.717) is 5.69 Å². The molecular formula is C5H9N2O4P. The lowest BCUT2D eigenvalue weighted by molar-refractivity contribution is 0.201. The molecule has 12 heavy (non-hydrogen) atoms. The Morgan fingerprint density at radius 3 is 2.75 bits per heavy atom. The molecule has 0 saturated heterocycles. The van der Waals surface area contributed by atoms with Gasteiger partial charge in [0.2, 0.25) is 0 Å². The Morgan fingerprint density at radius 1 is 1.67 bits per heavy atom. The molecule has 0 saturated carbocycles. The highest BCUT2D eigenvalue weighted by Crippen LogP contribution is 2.40. The molecule has 1 heterocycles. The molecule has 4 N–H and O–H groups in total. The Hall–Kier alpha value is -0.680. The van der Waals surface area contributed by atoms with Gasteiger partial charge in [-0.2, -0.15) is 0 Å². The Morgan fingerprint density at radius 2 is 2.33 bits per heavy atom. The van der Waals surface area contributed by atoms with Crippen LogP contribution in [0, 0.1) is 0 Å². The van der Waals surface area contributed by atoms with Crippen LogP contribution in [-0.4, -0.2) is 30.7 Å². The maximum atomic E-state index is 10.5. The molecular weight excluding hydrogens is 183 g/mol. The second kappa shape index (κ2) is 3.37. The number of imidazole rings is 1. The Bertz CT molecular complexity index is 280. The summed E-state index contributed by atoms with van der Waals surface area (Å²) in [5, 5.41) is 8.95. The Kier molecular flexibility index (Phi) is 2.64. The van der Waals surface area contributed by atoms with E-state index >= 15 is 0 Å². The average molecular weight is 192 g/mol. The zero-order chi connectivity index (χ0) is 9.19. The monoisotopic (exact) mass is 192 g/mol. The molecule has 6 nitrogen and oxygen atoms in total. The minimum Gasteiger partial charge on any atom is -0.380 e. The van der Waals surface area contributed by atoms with Crippen molar-refractivity contribution in [1.82, 2.24) is 9.97 Å². The predicted octanol–water partition coefficient (Wildman–Crippen LogP) is -0.552. The van der Waals surface area contributed by atoms with Gasteiger partial charge in [-0.25, -0.2) is 4.98 Å². The van der Waals surface area contributed by atoms with E-state index in [1.807, 2.05) is 0 Å². The summed E-state index contributed by atoms with van der Waals surface area (Å²) in [7, 11) is -4.39. The lowest BCUT2D eigenvalue weighted by Gasteiger charge is -2.10. The summed E-state index contributed by atoms with van der Waals surface area (Å²) in [5.41, 5.74) is 0.492. The number of nitrogens with zero attached hydrogens (tertiary/aromatic N) is 1. The van der Waals surface area contributed by atoms with Gasteiger partial charge < -0.3 is 19.9 Å². The van der Waals surface area contributed by atoms with Gasteiger partial charge in [0.25, 0.3) is 0 Å². The first-order valence-corrected chi connectivity index (χ1v) is 4.89. The van der Waals surface area contributed by atoms with E-state index in [4.69, 9.17) is 14.9 Å². The number of aromatic amines is 1.